The highest BCUT2D eigenvalue weighted by molar-refractivity contribution is 9.25. The number of halogens is 2. The molecule has 1 saturated heterocycles. The fraction of sp³-hybridized carbons (Fsp3) is 1.00. The van der Waals surface area contributed by atoms with Crippen molar-refractivity contribution in [2.75, 3.05) is 6.61 Å². The van der Waals surface area contributed by atoms with Crippen LogP contribution in [-0.2, 0) is 9.78 Å². The van der Waals surface area contributed by atoms with Crippen LogP contribution in [0.4, 0.5) is 0 Å². The van der Waals surface area contributed by atoms with Gasteiger partial charge in [0.25, 0.3) is 0 Å². The molecule has 0 aromatic heterocycles. The van der Waals surface area contributed by atoms with Gasteiger partial charge in [0.05, 0.1) is 6.61 Å². The van der Waals surface area contributed by atoms with Gasteiger partial charge in [-0.25, -0.2) is 9.78 Å². The van der Waals surface area contributed by atoms with Crippen LogP contribution in [0.3, 0.4) is 0 Å². The van der Waals surface area contributed by atoms with Crippen molar-refractivity contribution in [3.8, 4) is 0 Å². The lowest BCUT2D eigenvalue weighted by Crippen LogP contribution is -2.13. The highest BCUT2D eigenvalue weighted by atomic mass is 79.9. The molecule has 4 heteroatoms. The molecule has 1 heterocycles. The summed E-state index contributed by atoms with van der Waals surface area (Å²) in [6, 6.07) is 0. The average molecular weight is 260 g/mol. The first-order chi connectivity index (χ1) is 4.21. The third-order valence-corrected chi connectivity index (χ3v) is 2.18. The topological polar surface area (TPSA) is 18.5 Å². The average Bonchev–Trinajstić information content (AvgIpc) is 1.92. The van der Waals surface area contributed by atoms with E-state index in [4.69, 9.17) is 9.78 Å². The van der Waals surface area contributed by atoms with Crippen LogP contribution in [0.15, 0.2) is 0 Å². The molecule has 0 bridgehead atoms. The van der Waals surface area contributed by atoms with Crippen molar-refractivity contribution >= 4 is 31.9 Å². The van der Waals surface area contributed by atoms with Gasteiger partial charge >= 0.3 is 0 Å². The van der Waals surface area contributed by atoms with Gasteiger partial charge in [-0.3, -0.25) is 0 Å². The van der Waals surface area contributed by atoms with E-state index in [1.807, 2.05) is 0 Å². The Morgan fingerprint density at radius 3 is 2.78 bits per heavy atom. The largest absolute Gasteiger partial charge is 0.234 e. The van der Waals surface area contributed by atoms with E-state index >= 15 is 0 Å². The quantitative estimate of drug-likeness (QED) is 0.492. The Bertz CT molecular complexity index is 85.0. The second-order valence-corrected chi connectivity index (χ2v) is 5.63. The molecule has 0 amide bonds. The molecule has 0 aromatic rings. The van der Waals surface area contributed by atoms with Crippen molar-refractivity contribution in [1.82, 2.24) is 0 Å². The zero-order valence-electron chi connectivity index (χ0n) is 4.90. The SMILES string of the molecule is BrC1(Br)CCCCOO1. The lowest BCUT2D eigenvalue weighted by Gasteiger charge is -2.14. The first-order valence-corrected chi connectivity index (χ1v) is 4.48. The minimum absolute atomic E-state index is 0.434. The van der Waals surface area contributed by atoms with E-state index in [2.05, 4.69) is 31.9 Å². The summed E-state index contributed by atoms with van der Waals surface area (Å²) in [6.07, 6.45) is 3.13. The van der Waals surface area contributed by atoms with Crippen LogP contribution in [-0.4, -0.2) is 10.0 Å². The van der Waals surface area contributed by atoms with Crippen molar-refractivity contribution in [3.05, 3.63) is 0 Å². The first-order valence-electron chi connectivity index (χ1n) is 2.89. The maximum absolute atomic E-state index is 4.92. The molecule has 0 atom stereocenters. The van der Waals surface area contributed by atoms with Gasteiger partial charge in [0, 0.05) is 0 Å². The standard InChI is InChI=1S/C5H8Br2O2/c6-5(7)3-1-2-4-8-9-5/h1-4H2. The minimum atomic E-state index is -0.434. The zero-order chi connectivity index (χ0) is 6.74. The van der Waals surface area contributed by atoms with Crippen molar-refractivity contribution < 1.29 is 9.78 Å². The summed E-state index contributed by atoms with van der Waals surface area (Å²) in [5, 5.41) is 0. The molecule has 0 radical (unpaired) electrons. The van der Waals surface area contributed by atoms with Gasteiger partial charge in [0.2, 0.25) is 3.42 Å². The van der Waals surface area contributed by atoms with Crippen molar-refractivity contribution in [3.63, 3.8) is 0 Å². The lowest BCUT2D eigenvalue weighted by atomic mass is 10.3. The van der Waals surface area contributed by atoms with Crippen LogP contribution in [0.5, 0.6) is 0 Å². The van der Waals surface area contributed by atoms with Gasteiger partial charge < -0.3 is 0 Å². The van der Waals surface area contributed by atoms with Gasteiger partial charge in [-0.05, 0) is 51.1 Å². The Morgan fingerprint density at radius 2 is 2.00 bits per heavy atom. The zero-order valence-corrected chi connectivity index (χ0v) is 8.07. The summed E-state index contributed by atoms with van der Waals surface area (Å²) < 4.78 is -0.434. The monoisotopic (exact) mass is 258 g/mol. The molecule has 0 aliphatic carbocycles. The molecule has 0 N–H and O–H groups in total. The molecular weight excluding hydrogens is 252 g/mol. The highest BCUT2D eigenvalue weighted by Crippen LogP contribution is 2.35. The smallest absolute Gasteiger partial charge is 0.211 e. The third kappa shape index (κ3) is 2.98. The number of hydrogen-bond acceptors (Lipinski definition) is 2. The Kier molecular flexibility index (Phi) is 2.95. The van der Waals surface area contributed by atoms with E-state index in [0.717, 1.165) is 19.3 Å². The Labute approximate surface area is 71.1 Å². The molecule has 2 nitrogen and oxygen atoms in total. The van der Waals surface area contributed by atoms with Gasteiger partial charge in [-0.2, -0.15) is 0 Å². The summed E-state index contributed by atoms with van der Waals surface area (Å²) in [4.78, 5) is 9.74. The summed E-state index contributed by atoms with van der Waals surface area (Å²) in [5.41, 5.74) is 0. The second-order valence-electron chi connectivity index (χ2n) is 2.00. The molecule has 1 aliphatic heterocycles. The summed E-state index contributed by atoms with van der Waals surface area (Å²) in [7, 11) is 0. The normalized spacial score (nSPS) is 27.3. The maximum atomic E-state index is 4.92. The predicted molar refractivity (Wildman–Crippen MR) is 41.5 cm³/mol. The van der Waals surface area contributed by atoms with Crippen molar-refractivity contribution in [1.29, 1.82) is 0 Å². The van der Waals surface area contributed by atoms with E-state index < -0.39 is 3.42 Å². The molecular formula is C5H8Br2O2. The van der Waals surface area contributed by atoms with Gasteiger partial charge in [-0.15, -0.1) is 0 Å². The molecule has 0 saturated carbocycles. The number of rotatable bonds is 0. The molecule has 9 heavy (non-hydrogen) atoms. The van der Waals surface area contributed by atoms with Crippen LogP contribution in [0.2, 0.25) is 0 Å². The van der Waals surface area contributed by atoms with E-state index in [0.29, 0.717) is 6.61 Å². The summed E-state index contributed by atoms with van der Waals surface area (Å²) >= 11 is 6.62. The van der Waals surface area contributed by atoms with Crippen LogP contribution in [0.1, 0.15) is 19.3 Å². The number of alkyl halides is 2. The fourth-order valence-electron chi connectivity index (χ4n) is 0.661. The van der Waals surface area contributed by atoms with Crippen molar-refractivity contribution in [2.45, 2.75) is 22.7 Å². The van der Waals surface area contributed by atoms with Gasteiger partial charge in [0.1, 0.15) is 0 Å². The fourth-order valence-corrected chi connectivity index (χ4v) is 1.41. The van der Waals surface area contributed by atoms with Gasteiger partial charge in [-0.1, -0.05) is 0 Å². The van der Waals surface area contributed by atoms with Gasteiger partial charge in [0.15, 0.2) is 0 Å². The minimum Gasteiger partial charge on any atom is -0.234 e. The Hall–Kier alpha value is 0.880. The molecule has 1 aliphatic rings. The third-order valence-electron chi connectivity index (χ3n) is 1.13. The summed E-state index contributed by atoms with van der Waals surface area (Å²) in [6.45, 7) is 0.693. The Balaban J connectivity index is 2.36. The van der Waals surface area contributed by atoms with E-state index in [1.165, 1.54) is 0 Å². The Morgan fingerprint density at radius 1 is 1.22 bits per heavy atom. The molecule has 0 spiro atoms. The maximum Gasteiger partial charge on any atom is 0.211 e. The second kappa shape index (κ2) is 3.32. The van der Waals surface area contributed by atoms with Crippen LogP contribution >= 0.6 is 31.9 Å². The van der Waals surface area contributed by atoms with Crippen molar-refractivity contribution in [2.24, 2.45) is 0 Å². The molecule has 0 aromatic carbocycles. The van der Waals surface area contributed by atoms with Crippen LogP contribution in [0, 0.1) is 0 Å². The number of hydrogen-bond donors (Lipinski definition) is 0. The van der Waals surface area contributed by atoms with E-state index in [1.54, 1.807) is 0 Å². The summed E-state index contributed by atoms with van der Waals surface area (Å²) in [5.74, 6) is 0. The van der Waals surface area contributed by atoms with Crippen LogP contribution in [0.25, 0.3) is 0 Å². The first kappa shape index (κ1) is 7.98. The van der Waals surface area contributed by atoms with E-state index in [9.17, 15) is 0 Å². The highest BCUT2D eigenvalue weighted by Gasteiger charge is 2.26. The molecule has 54 valence electrons. The molecule has 1 fully saturated rings. The predicted octanol–water partition coefficient (Wildman–Crippen LogP) is 2.56. The van der Waals surface area contributed by atoms with Crippen LogP contribution < -0.4 is 0 Å². The lowest BCUT2D eigenvalue weighted by molar-refractivity contribution is -0.303. The molecule has 0 unspecified atom stereocenters. The molecule has 1 rings (SSSR count). The van der Waals surface area contributed by atoms with E-state index in [-0.39, 0.29) is 0 Å².